The maximum atomic E-state index is 12.3. The molecule has 9 heteroatoms. The molecule has 1 rings (SSSR count). The maximum absolute atomic E-state index is 12.3. The first kappa shape index (κ1) is 28.1. The van der Waals surface area contributed by atoms with Crippen LogP contribution in [0.25, 0.3) is 0 Å². The molecule has 184 valence electrons. The topological polar surface area (TPSA) is 131 Å². The van der Waals surface area contributed by atoms with Crippen LogP contribution in [0.1, 0.15) is 66.4 Å². The molecule has 0 aliphatic carbocycles. The van der Waals surface area contributed by atoms with Gasteiger partial charge < -0.3 is 24.7 Å². The highest BCUT2D eigenvalue weighted by atomic mass is 16.6. The summed E-state index contributed by atoms with van der Waals surface area (Å²) in [4.78, 5) is 47.5. The molecule has 0 aliphatic rings. The lowest BCUT2D eigenvalue weighted by Gasteiger charge is -2.20. The van der Waals surface area contributed by atoms with Crippen molar-refractivity contribution in [1.82, 2.24) is 0 Å². The summed E-state index contributed by atoms with van der Waals surface area (Å²) in [7, 11) is 0. The molecule has 0 heterocycles. The van der Waals surface area contributed by atoms with Gasteiger partial charge in [0.15, 0.2) is 11.5 Å². The second-order valence-corrected chi connectivity index (χ2v) is 8.91. The minimum absolute atomic E-state index is 0.0705. The molecule has 2 N–H and O–H groups in total. The van der Waals surface area contributed by atoms with Gasteiger partial charge in [-0.1, -0.05) is 40.7 Å². The van der Waals surface area contributed by atoms with Gasteiger partial charge in [0.05, 0.1) is 6.42 Å². The van der Waals surface area contributed by atoms with Gasteiger partial charge in [0.1, 0.15) is 18.8 Å². The fourth-order valence-electron chi connectivity index (χ4n) is 2.61. The van der Waals surface area contributed by atoms with E-state index in [4.69, 9.17) is 24.7 Å². The van der Waals surface area contributed by atoms with Crippen molar-refractivity contribution in [3.63, 3.8) is 0 Å². The van der Waals surface area contributed by atoms with Crippen molar-refractivity contribution in [3.05, 3.63) is 23.8 Å². The molecule has 0 aliphatic heterocycles. The molecule has 0 bridgehead atoms. The average molecular weight is 466 g/mol. The van der Waals surface area contributed by atoms with Crippen molar-refractivity contribution < 1.29 is 38.1 Å². The smallest absolute Gasteiger partial charge is 0.323 e. The van der Waals surface area contributed by atoms with Gasteiger partial charge >= 0.3 is 23.9 Å². The summed E-state index contributed by atoms with van der Waals surface area (Å²) in [6.45, 7) is 10.6. The monoisotopic (exact) mass is 465 g/mol. The molecule has 1 aromatic carbocycles. The molecule has 0 fully saturated rings. The lowest BCUT2D eigenvalue weighted by atomic mass is 9.92. The van der Waals surface area contributed by atoms with Crippen LogP contribution in [-0.4, -0.2) is 42.6 Å². The molecule has 0 spiro atoms. The van der Waals surface area contributed by atoms with Crippen LogP contribution in [-0.2, 0) is 35.1 Å². The first-order valence-electron chi connectivity index (χ1n) is 11.0. The third-order valence-electron chi connectivity index (χ3n) is 4.26. The van der Waals surface area contributed by atoms with Crippen molar-refractivity contribution in [2.75, 3.05) is 6.61 Å². The number of carbonyl (C=O) groups excluding carboxylic acids is 4. The van der Waals surface area contributed by atoms with Gasteiger partial charge in [-0.25, -0.2) is 0 Å². The van der Waals surface area contributed by atoms with Gasteiger partial charge in [0, 0.05) is 12.8 Å². The number of hydrogen-bond acceptors (Lipinski definition) is 9. The van der Waals surface area contributed by atoms with E-state index >= 15 is 0 Å². The minimum Gasteiger partial charge on any atom is -0.461 e. The fraction of sp³-hybridized carbons (Fsp3) is 0.583. The number of nitrogens with two attached hydrogens (primary N) is 1. The van der Waals surface area contributed by atoms with Crippen molar-refractivity contribution >= 4 is 23.9 Å². The Balaban J connectivity index is 2.72. The molecule has 0 amide bonds. The molecular formula is C24H35NO8. The highest BCUT2D eigenvalue weighted by molar-refractivity contribution is 5.77. The number of esters is 4. The summed E-state index contributed by atoms with van der Waals surface area (Å²) >= 11 is 0. The largest absolute Gasteiger partial charge is 0.461 e. The standard InChI is InChI=1S/C24H35NO8/c1-7-20(26)32-18-10-9-16(12-19(18)33-21(27)8-2)11-17(25)23(29)30-14-15(3)31-22(28)13-24(4,5)6/h9-10,12,15,17H,7-8,11,13-14,25H2,1-6H3/t15-,17-/m0/s1. The zero-order chi connectivity index (χ0) is 25.2. The Bertz CT molecular complexity index is 843. The van der Waals surface area contributed by atoms with Crippen LogP contribution in [0.3, 0.4) is 0 Å². The summed E-state index contributed by atoms with van der Waals surface area (Å²) in [5.74, 6) is -1.83. The number of hydrogen-bond donors (Lipinski definition) is 1. The first-order chi connectivity index (χ1) is 15.3. The molecular weight excluding hydrogens is 430 g/mol. The van der Waals surface area contributed by atoms with Crippen LogP contribution < -0.4 is 15.2 Å². The minimum atomic E-state index is -0.999. The maximum Gasteiger partial charge on any atom is 0.323 e. The van der Waals surface area contributed by atoms with Gasteiger partial charge in [-0.2, -0.15) is 0 Å². The number of benzene rings is 1. The molecule has 1 aromatic rings. The summed E-state index contributed by atoms with van der Waals surface area (Å²) in [6.07, 6.45) is 0.0255. The summed E-state index contributed by atoms with van der Waals surface area (Å²) < 4.78 is 20.9. The van der Waals surface area contributed by atoms with Gasteiger partial charge in [-0.05, 0) is 36.5 Å². The predicted octanol–water partition coefficient (Wildman–Crippen LogP) is 3.10. The summed E-state index contributed by atoms with van der Waals surface area (Å²) in [5.41, 5.74) is 6.34. The molecule has 33 heavy (non-hydrogen) atoms. The van der Waals surface area contributed by atoms with E-state index in [-0.39, 0.29) is 55.2 Å². The van der Waals surface area contributed by atoms with Crippen LogP contribution >= 0.6 is 0 Å². The number of rotatable bonds is 11. The molecule has 0 saturated carbocycles. The van der Waals surface area contributed by atoms with E-state index in [9.17, 15) is 19.2 Å². The van der Waals surface area contributed by atoms with Crippen molar-refractivity contribution in [1.29, 1.82) is 0 Å². The van der Waals surface area contributed by atoms with Crippen LogP contribution in [0.15, 0.2) is 18.2 Å². The lowest BCUT2D eigenvalue weighted by molar-refractivity contribution is -0.160. The molecule has 0 radical (unpaired) electrons. The van der Waals surface area contributed by atoms with Crippen LogP contribution in [0.4, 0.5) is 0 Å². The second-order valence-electron chi connectivity index (χ2n) is 8.91. The first-order valence-corrected chi connectivity index (χ1v) is 11.0. The van der Waals surface area contributed by atoms with E-state index in [1.807, 2.05) is 20.8 Å². The van der Waals surface area contributed by atoms with Gasteiger partial charge in [0.2, 0.25) is 0 Å². The van der Waals surface area contributed by atoms with Crippen LogP contribution in [0.5, 0.6) is 11.5 Å². The molecule has 0 aromatic heterocycles. The highest BCUT2D eigenvalue weighted by Gasteiger charge is 2.22. The van der Waals surface area contributed by atoms with E-state index in [1.54, 1.807) is 26.8 Å². The number of carbonyl (C=O) groups is 4. The third-order valence-corrected chi connectivity index (χ3v) is 4.26. The van der Waals surface area contributed by atoms with E-state index in [0.717, 1.165) is 0 Å². The van der Waals surface area contributed by atoms with Crippen molar-refractivity contribution in [2.24, 2.45) is 11.1 Å². The van der Waals surface area contributed by atoms with Crippen molar-refractivity contribution in [2.45, 2.75) is 79.4 Å². The SMILES string of the molecule is CCC(=O)Oc1ccc(C[C@H](N)C(=O)OC[C@H](C)OC(=O)CC(C)(C)C)cc1OC(=O)CC. The zero-order valence-electron chi connectivity index (χ0n) is 20.3. The molecule has 0 unspecified atom stereocenters. The average Bonchev–Trinajstić information content (AvgIpc) is 2.71. The quantitative estimate of drug-likeness (QED) is 0.387. The van der Waals surface area contributed by atoms with Gasteiger partial charge in [-0.15, -0.1) is 0 Å². The lowest BCUT2D eigenvalue weighted by Crippen LogP contribution is -2.36. The Kier molecular flexibility index (Phi) is 11.0. The number of ether oxygens (including phenoxy) is 4. The zero-order valence-corrected chi connectivity index (χ0v) is 20.3. The summed E-state index contributed by atoms with van der Waals surface area (Å²) in [6, 6.07) is 3.60. The molecule has 9 nitrogen and oxygen atoms in total. The molecule has 2 atom stereocenters. The van der Waals surface area contributed by atoms with Gasteiger partial charge in [0.25, 0.3) is 0 Å². The van der Waals surface area contributed by atoms with E-state index in [2.05, 4.69) is 0 Å². The Morgan fingerprint density at radius 2 is 1.52 bits per heavy atom. The predicted molar refractivity (Wildman–Crippen MR) is 121 cm³/mol. The Labute approximate surface area is 194 Å². The Hall–Kier alpha value is -2.94. The highest BCUT2D eigenvalue weighted by Crippen LogP contribution is 2.30. The van der Waals surface area contributed by atoms with Crippen molar-refractivity contribution in [3.8, 4) is 11.5 Å². The van der Waals surface area contributed by atoms with E-state index in [1.165, 1.54) is 12.1 Å². The summed E-state index contributed by atoms with van der Waals surface area (Å²) in [5, 5.41) is 0. The Morgan fingerprint density at radius 3 is 2.06 bits per heavy atom. The van der Waals surface area contributed by atoms with E-state index in [0.29, 0.717) is 5.56 Å². The van der Waals surface area contributed by atoms with Crippen LogP contribution in [0.2, 0.25) is 0 Å². The normalized spacial score (nSPS) is 12.9. The fourth-order valence-corrected chi connectivity index (χ4v) is 2.61. The Morgan fingerprint density at radius 1 is 0.939 bits per heavy atom. The molecule has 0 saturated heterocycles. The third kappa shape index (κ3) is 11.0. The van der Waals surface area contributed by atoms with Crippen LogP contribution in [0, 0.1) is 5.41 Å². The van der Waals surface area contributed by atoms with E-state index < -0.39 is 30.1 Å². The second kappa shape index (κ2) is 12.9. The van der Waals surface area contributed by atoms with Gasteiger partial charge in [-0.3, -0.25) is 19.2 Å².